The fraction of sp³-hybridized carbons (Fsp3) is 0.167. The molecule has 0 radical (unpaired) electrons. The lowest BCUT2D eigenvalue weighted by Crippen LogP contribution is -2.23. The molecule has 6 nitrogen and oxygen atoms in total. The van der Waals surface area contributed by atoms with E-state index in [2.05, 4.69) is 5.32 Å². The number of hydrogen-bond acceptors (Lipinski definition) is 6. The number of nitrogens with one attached hydrogen (secondary N) is 1. The van der Waals surface area contributed by atoms with Gasteiger partial charge < -0.3 is 20.5 Å². The van der Waals surface area contributed by atoms with Gasteiger partial charge in [-0.2, -0.15) is 0 Å². The van der Waals surface area contributed by atoms with Gasteiger partial charge in [-0.05, 0) is 34.9 Å². The first-order valence-electron chi connectivity index (χ1n) is 9.55. The molecular weight excluding hydrogens is 380 g/mol. The maximum atomic E-state index is 12.0. The first-order valence-corrected chi connectivity index (χ1v) is 9.55. The van der Waals surface area contributed by atoms with Crippen LogP contribution in [0, 0.1) is 0 Å². The maximum Gasteiger partial charge on any atom is 0.338 e. The summed E-state index contributed by atoms with van der Waals surface area (Å²) >= 11 is 0. The Balaban J connectivity index is 0.000000212. The Kier molecular flexibility index (Phi) is 7.19. The predicted octanol–water partition coefficient (Wildman–Crippen LogP) is 3.83. The van der Waals surface area contributed by atoms with Crippen LogP contribution in [0.2, 0.25) is 0 Å². The Morgan fingerprint density at radius 1 is 1.07 bits per heavy atom. The van der Waals surface area contributed by atoms with E-state index in [1.165, 1.54) is 7.11 Å². The van der Waals surface area contributed by atoms with Crippen LogP contribution in [0.25, 0.3) is 0 Å². The number of cyclic esters (lactones) is 1. The first-order chi connectivity index (χ1) is 14.6. The zero-order valence-corrected chi connectivity index (χ0v) is 16.7. The largest absolute Gasteiger partial charge is 0.467 e. The molecule has 1 heterocycles. The molecule has 154 valence electrons. The van der Waals surface area contributed by atoms with Crippen LogP contribution in [0.4, 0.5) is 5.69 Å². The van der Waals surface area contributed by atoms with Crippen LogP contribution in [0.15, 0.2) is 78.9 Å². The average Bonchev–Trinajstić information content (AvgIpc) is 2.81. The molecule has 6 heteroatoms. The highest BCUT2D eigenvalue weighted by molar-refractivity contribution is 5.90. The van der Waals surface area contributed by atoms with Crippen molar-refractivity contribution in [3.8, 4) is 0 Å². The fourth-order valence-electron chi connectivity index (χ4n) is 3.06. The quantitative estimate of drug-likeness (QED) is 0.628. The SMILES string of the molecule is COC(=O)C(Nc1ccccc1CN)c1ccccc1.O=C1OCc2cccc1c2. The second-order valence-electron chi connectivity index (χ2n) is 6.65. The minimum absolute atomic E-state index is 0.215. The van der Waals surface area contributed by atoms with Crippen molar-refractivity contribution < 1.29 is 19.1 Å². The van der Waals surface area contributed by atoms with Crippen LogP contribution in [-0.2, 0) is 27.4 Å². The van der Waals surface area contributed by atoms with E-state index in [9.17, 15) is 9.59 Å². The Hall–Kier alpha value is -3.64. The van der Waals surface area contributed by atoms with E-state index < -0.39 is 6.04 Å². The number of nitrogens with two attached hydrogens (primary N) is 1. The predicted molar refractivity (Wildman–Crippen MR) is 115 cm³/mol. The lowest BCUT2D eigenvalue weighted by atomic mass is 10.1. The topological polar surface area (TPSA) is 90.6 Å². The molecule has 1 unspecified atom stereocenters. The van der Waals surface area contributed by atoms with E-state index in [0.717, 1.165) is 22.4 Å². The highest BCUT2D eigenvalue weighted by Crippen LogP contribution is 2.23. The first kappa shape index (κ1) is 21.1. The van der Waals surface area contributed by atoms with Crippen LogP contribution in [0.3, 0.4) is 0 Å². The van der Waals surface area contributed by atoms with E-state index in [4.69, 9.17) is 15.2 Å². The van der Waals surface area contributed by atoms with Crippen LogP contribution < -0.4 is 11.1 Å². The monoisotopic (exact) mass is 404 g/mol. The second-order valence-corrected chi connectivity index (χ2v) is 6.65. The van der Waals surface area contributed by atoms with Crippen molar-refractivity contribution in [1.29, 1.82) is 0 Å². The number of fused-ring (bicyclic) bond motifs is 2. The number of para-hydroxylation sites is 1. The van der Waals surface area contributed by atoms with Gasteiger partial charge in [0, 0.05) is 12.2 Å². The number of esters is 2. The van der Waals surface area contributed by atoms with Crippen LogP contribution in [-0.4, -0.2) is 19.0 Å². The zero-order valence-electron chi connectivity index (χ0n) is 16.7. The minimum Gasteiger partial charge on any atom is -0.467 e. The summed E-state index contributed by atoms with van der Waals surface area (Å²) in [6.45, 7) is 0.832. The third kappa shape index (κ3) is 5.24. The Morgan fingerprint density at radius 2 is 1.80 bits per heavy atom. The number of carbonyl (C=O) groups excluding carboxylic acids is 2. The number of rotatable bonds is 5. The molecule has 3 aromatic carbocycles. The van der Waals surface area contributed by atoms with Gasteiger partial charge in [-0.15, -0.1) is 0 Å². The third-order valence-electron chi connectivity index (χ3n) is 4.64. The minimum atomic E-state index is -0.547. The van der Waals surface area contributed by atoms with Gasteiger partial charge >= 0.3 is 11.9 Å². The average molecular weight is 404 g/mol. The smallest absolute Gasteiger partial charge is 0.338 e. The van der Waals surface area contributed by atoms with Crippen molar-refractivity contribution in [2.24, 2.45) is 5.73 Å². The summed E-state index contributed by atoms with van der Waals surface area (Å²) in [5.41, 5.74) is 10.1. The van der Waals surface area contributed by atoms with Crippen molar-refractivity contribution >= 4 is 17.6 Å². The fourth-order valence-corrected chi connectivity index (χ4v) is 3.06. The molecule has 0 amide bonds. The van der Waals surface area contributed by atoms with Gasteiger partial charge in [-0.1, -0.05) is 60.7 Å². The maximum absolute atomic E-state index is 12.0. The summed E-state index contributed by atoms with van der Waals surface area (Å²) in [5, 5.41) is 3.21. The van der Waals surface area contributed by atoms with Gasteiger partial charge in [0.2, 0.25) is 0 Å². The summed E-state index contributed by atoms with van der Waals surface area (Å²) in [4.78, 5) is 22.8. The Labute approximate surface area is 175 Å². The Morgan fingerprint density at radius 3 is 2.50 bits per heavy atom. The van der Waals surface area contributed by atoms with Crippen molar-refractivity contribution in [3.63, 3.8) is 0 Å². The molecule has 1 aliphatic heterocycles. The molecule has 0 aliphatic carbocycles. The zero-order chi connectivity index (χ0) is 21.3. The number of carbonyl (C=O) groups is 2. The molecule has 2 bridgehead atoms. The van der Waals surface area contributed by atoms with Crippen LogP contribution in [0.5, 0.6) is 0 Å². The molecule has 30 heavy (non-hydrogen) atoms. The summed E-state index contributed by atoms with van der Waals surface area (Å²) in [6.07, 6.45) is 0. The van der Waals surface area contributed by atoms with Gasteiger partial charge in [0.25, 0.3) is 0 Å². The second kappa shape index (κ2) is 10.2. The van der Waals surface area contributed by atoms with Gasteiger partial charge in [0.15, 0.2) is 6.04 Å². The molecule has 3 N–H and O–H groups in total. The number of anilines is 1. The van der Waals surface area contributed by atoms with Gasteiger partial charge in [0.1, 0.15) is 6.61 Å². The van der Waals surface area contributed by atoms with Crippen molar-refractivity contribution in [1.82, 2.24) is 0 Å². The summed E-state index contributed by atoms with van der Waals surface area (Å²) in [6, 6.07) is 24.0. The van der Waals surface area contributed by atoms with E-state index in [-0.39, 0.29) is 11.9 Å². The molecule has 3 aromatic rings. The summed E-state index contributed by atoms with van der Waals surface area (Å²) in [7, 11) is 1.38. The number of methoxy groups -OCH3 is 1. The van der Waals surface area contributed by atoms with E-state index in [1.54, 1.807) is 6.07 Å². The van der Waals surface area contributed by atoms with Crippen molar-refractivity contribution in [2.45, 2.75) is 19.2 Å². The number of benzene rings is 3. The van der Waals surface area contributed by atoms with E-state index in [1.807, 2.05) is 72.8 Å². The van der Waals surface area contributed by atoms with Crippen molar-refractivity contribution in [2.75, 3.05) is 12.4 Å². The van der Waals surface area contributed by atoms with E-state index in [0.29, 0.717) is 18.7 Å². The Bertz CT molecular complexity index is 1000. The molecule has 0 aromatic heterocycles. The molecule has 4 rings (SSSR count). The van der Waals surface area contributed by atoms with Gasteiger partial charge in [-0.3, -0.25) is 0 Å². The standard InChI is InChI=1S/C16H18N2O2.C8H6O2/c1-20-16(19)15(12-7-3-2-4-8-12)18-14-10-6-5-9-13(14)11-17;9-8-7-3-1-2-6(4-7)5-10-8/h2-10,15,18H,11,17H2,1H3;1-4H,5H2. The lowest BCUT2D eigenvalue weighted by Gasteiger charge is -2.19. The summed E-state index contributed by atoms with van der Waals surface area (Å²) in [5.74, 6) is -0.545. The number of hydrogen-bond donors (Lipinski definition) is 2. The molecule has 1 aliphatic rings. The molecule has 0 saturated carbocycles. The highest BCUT2D eigenvalue weighted by Gasteiger charge is 2.21. The lowest BCUT2D eigenvalue weighted by molar-refractivity contribution is -0.141. The van der Waals surface area contributed by atoms with Crippen LogP contribution in [0.1, 0.15) is 33.1 Å². The van der Waals surface area contributed by atoms with E-state index >= 15 is 0 Å². The van der Waals surface area contributed by atoms with Crippen molar-refractivity contribution in [3.05, 3.63) is 101 Å². The van der Waals surface area contributed by atoms with Gasteiger partial charge in [-0.25, -0.2) is 9.59 Å². The molecule has 0 spiro atoms. The number of ether oxygens (including phenoxy) is 2. The molecule has 1 atom stereocenters. The molecule has 0 fully saturated rings. The van der Waals surface area contributed by atoms with Crippen LogP contribution >= 0.6 is 0 Å². The normalized spacial score (nSPS) is 12.7. The summed E-state index contributed by atoms with van der Waals surface area (Å²) < 4.78 is 9.70. The third-order valence-corrected chi connectivity index (χ3v) is 4.64. The highest BCUT2D eigenvalue weighted by atomic mass is 16.5. The van der Waals surface area contributed by atoms with Gasteiger partial charge in [0.05, 0.1) is 12.7 Å². The molecular formula is C24H24N2O4. The molecule has 0 saturated heterocycles.